The smallest absolute Gasteiger partial charge is 0.304 e. The van der Waals surface area contributed by atoms with E-state index >= 15 is 0 Å². The maximum atomic E-state index is 12.2. The molecule has 20 heavy (non-hydrogen) atoms. The van der Waals surface area contributed by atoms with Gasteiger partial charge in [0.1, 0.15) is 0 Å². The van der Waals surface area contributed by atoms with Crippen molar-refractivity contribution in [2.75, 3.05) is 45.1 Å². The van der Waals surface area contributed by atoms with Crippen molar-refractivity contribution in [1.82, 2.24) is 9.21 Å². The Hall–Kier alpha value is -0.700. The molecular formula is C12H22N2O5S. The first kappa shape index (κ1) is 15.7. The number of carboxylic acids is 1. The van der Waals surface area contributed by atoms with Crippen LogP contribution in [-0.4, -0.2) is 79.9 Å². The molecule has 0 aromatic heterocycles. The van der Waals surface area contributed by atoms with Crippen molar-refractivity contribution in [3.8, 4) is 0 Å². The summed E-state index contributed by atoms with van der Waals surface area (Å²) < 4.78 is 31.4. The van der Waals surface area contributed by atoms with Gasteiger partial charge in [0.15, 0.2) is 0 Å². The Labute approximate surface area is 119 Å². The number of aliphatic carboxylic acids is 1. The molecule has 0 spiro atoms. The van der Waals surface area contributed by atoms with E-state index in [1.54, 1.807) is 0 Å². The Morgan fingerprint density at radius 2 is 1.95 bits per heavy atom. The molecule has 0 aromatic rings. The number of ether oxygens (including phenoxy) is 1. The summed E-state index contributed by atoms with van der Waals surface area (Å²) in [5.41, 5.74) is 0. The van der Waals surface area contributed by atoms with E-state index in [1.165, 1.54) is 4.31 Å². The third-order valence-electron chi connectivity index (χ3n) is 3.79. The van der Waals surface area contributed by atoms with Gasteiger partial charge in [-0.2, -0.15) is 4.31 Å². The zero-order valence-electron chi connectivity index (χ0n) is 11.5. The van der Waals surface area contributed by atoms with Crippen LogP contribution in [-0.2, 0) is 19.6 Å². The predicted octanol–water partition coefficient (Wildman–Crippen LogP) is -0.412. The number of carbonyl (C=O) groups is 1. The second kappa shape index (κ2) is 6.84. The summed E-state index contributed by atoms with van der Waals surface area (Å²) in [6.45, 7) is 3.21. The minimum atomic E-state index is -3.26. The number of rotatable bonds is 6. The van der Waals surface area contributed by atoms with Crippen LogP contribution in [0.1, 0.15) is 19.3 Å². The van der Waals surface area contributed by atoms with Crippen molar-refractivity contribution >= 4 is 16.0 Å². The fourth-order valence-electron chi connectivity index (χ4n) is 2.60. The van der Waals surface area contributed by atoms with Crippen molar-refractivity contribution < 1.29 is 23.1 Å². The summed E-state index contributed by atoms with van der Waals surface area (Å²) in [4.78, 5) is 12.5. The highest BCUT2D eigenvalue weighted by Gasteiger charge is 2.31. The zero-order chi connectivity index (χ0) is 14.6. The Bertz CT molecular complexity index is 425. The molecule has 0 saturated carbocycles. The lowest BCUT2D eigenvalue weighted by atomic mass is 10.3. The second-order valence-electron chi connectivity index (χ2n) is 5.30. The van der Waals surface area contributed by atoms with Gasteiger partial charge in [-0.15, -0.1) is 0 Å². The van der Waals surface area contributed by atoms with E-state index in [4.69, 9.17) is 9.84 Å². The van der Waals surface area contributed by atoms with Crippen LogP contribution in [0.4, 0.5) is 0 Å². The molecule has 116 valence electrons. The minimum Gasteiger partial charge on any atom is -0.481 e. The zero-order valence-corrected chi connectivity index (χ0v) is 12.3. The van der Waals surface area contributed by atoms with Gasteiger partial charge < -0.3 is 14.7 Å². The Kier molecular flexibility index (Phi) is 5.36. The third-order valence-corrected chi connectivity index (χ3v) is 5.73. The van der Waals surface area contributed by atoms with Gasteiger partial charge in [0.2, 0.25) is 10.0 Å². The quantitative estimate of drug-likeness (QED) is 0.718. The molecular weight excluding hydrogens is 284 g/mol. The molecule has 0 amide bonds. The van der Waals surface area contributed by atoms with Crippen LogP contribution >= 0.6 is 0 Å². The van der Waals surface area contributed by atoms with Gasteiger partial charge in [-0.1, -0.05) is 0 Å². The number of piperazine rings is 1. The molecule has 1 N–H and O–H groups in total. The Balaban J connectivity index is 1.78. The van der Waals surface area contributed by atoms with Crippen LogP contribution in [0.5, 0.6) is 0 Å². The fraction of sp³-hybridized carbons (Fsp3) is 0.917. The van der Waals surface area contributed by atoms with Crippen molar-refractivity contribution in [2.45, 2.75) is 25.4 Å². The average molecular weight is 306 g/mol. The molecule has 0 aromatic carbocycles. The van der Waals surface area contributed by atoms with Gasteiger partial charge in [-0.05, 0) is 12.8 Å². The predicted molar refractivity (Wildman–Crippen MR) is 73.0 cm³/mol. The van der Waals surface area contributed by atoms with E-state index in [0.717, 1.165) is 12.8 Å². The summed E-state index contributed by atoms with van der Waals surface area (Å²) in [6, 6.07) is 0. The van der Waals surface area contributed by atoms with Gasteiger partial charge in [-0.25, -0.2) is 8.42 Å². The summed E-state index contributed by atoms with van der Waals surface area (Å²) >= 11 is 0. The van der Waals surface area contributed by atoms with E-state index in [0.29, 0.717) is 39.3 Å². The molecule has 8 heteroatoms. The number of hydrogen-bond acceptors (Lipinski definition) is 5. The molecule has 1 unspecified atom stereocenters. The van der Waals surface area contributed by atoms with E-state index in [9.17, 15) is 13.2 Å². The molecule has 7 nitrogen and oxygen atoms in total. The highest BCUT2D eigenvalue weighted by atomic mass is 32.2. The first-order valence-electron chi connectivity index (χ1n) is 7.01. The fourth-order valence-corrected chi connectivity index (χ4v) is 4.26. The first-order valence-corrected chi connectivity index (χ1v) is 8.62. The standard InChI is InChI=1S/C12H22N2O5S/c15-12(16)3-4-13-5-7-14(8-6-13)20(17,18)10-11-2-1-9-19-11/h11H,1-10H2,(H,15,16). The molecule has 2 saturated heterocycles. The van der Waals surface area contributed by atoms with Crippen LogP contribution in [0.3, 0.4) is 0 Å². The lowest BCUT2D eigenvalue weighted by Gasteiger charge is -2.34. The summed E-state index contributed by atoms with van der Waals surface area (Å²) in [5.74, 6) is -0.749. The summed E-state index contributed by atoms with van der Waals surface area (Å²) in [7, 11) is -3.26. The lowest BCUT2D eigenvalue weighted by molar-refractivity contribution is -0.137. The molecule has 2 fully saturated rings. The highest BCUT2D eigenvalue weighted by Crippen LogP contribution is 2.17. The van der Waals surface area contributed by atoms with Crippen LogP contribution in [0.25, 0.3) is 0 Å². The molecule has 2 aliphatic heterocycles. The van der Waals surface area contributed by atoms with Gasteiger partial charge in [0, 0.05) is 39.3 Å². The van der Waals surface area contributed by atoms with Gasteiger partial charge >= 0.3 is 5.97 Å². The molecule has 0 aliphatic carbocycles. The number of nitrogens with zero attached hydrogens (tertiary/aromatic N) is 2. The third kappa shape index (κ3) is 4.41. The normalized spacial score (nSPS) is 25.9. The number of sulfonamides is 1. The molecule has 0 bridgehead atoms. The van der Waals surface area contributed by atoms with E-state index in [1.807, 2.05) is 4.90 Å². The largest absolute Gasteiger partial charge is 0.481 e. The second-order valence-corrected chi connectivity index (χ2v) is 7.31. The molecule has 2 rings (SSSR count). The SMILES string of the molecule is O=C(O)CCN1CCN(S(=O)(=O)CC2CCCO2)CC1. The Morgan fingerprint density at radius 1 is 1.25 bits per heavy atom. The monoisotopic (exact) mass is 306 g/mol. The molecule has 2 aliphatic rings. The van der Waals surface area contributed by atoms with Crippen LogP contribution in [0, 0.1) is 0 Å². The van der Waals surface area contributed by atoms with Crippen molar-refractivity contribution in [2.24, 2.45) is 0 Å². The first-order chi connectivity index (χ1) is 9.47. The summed E-state index contributed by atoms with van der Waals surface area (Å²) in [5, 5.41) is 8.64. The van der Waals surface area contributed by atoms with Crippen LogP contribution in [0.2, 0.25) is 0 Å². The van der Waals surface area contributed by atoms with E-state index in [2.05, 4.69) is 0 Å². The molecule has 2 heterocycles. The van der Waals surface area contributed by atoms with Crippen molar-refractivity contribution in [3.05, 3.63) is 0 Å². The van der Waals surface area contributed by atoms with E-state index in [-0.39, 0.29) is 18.3 Å². The lowest BCUT2D eigenvalue weighted by Crippen LogP contribution is -2.50. The van der Waals surface area contributed by atoms with Crippen LogP contribution in [0.15, 0.2) is 0 Å². The topological polar surface area (TPSA) is 87.2 Å². The maximum absolute atomic E-state index is 12.2. The van der Waals surface area contributed by atoms with Crippen molar-refractivity contribution in [3.63, 3.8) is 0 Å². The molecule has 0 radical (unpaired) electrons. The van der Waals surface area contributed by atoms with Gasteiger partial charge in [0.05, 0.1) is 18.3 Å². The highest BCUT2D eigenvalue weighted by molar-refractivity contribution is 7.89. The molecule has 1 atom stereocenters. The summed E-state index contributed by atoms with van der Waals surface area (Å²) in [6.07, 6.45) is 1.69. The minimum absolute atomic E-state index is 0.0716. The van der Waals surface area contributed by atoms with E-state index < -0.39 is 16.0 Å². The number of carboxylic acid groups (broad SMARTS) is 1. The number of hydrogen-bond donors (Lipinski definition) is 1. The Morgan fingerprint density at radius 3 is 2.50 bits per heavy atom. The van der Waals surface area contributed by atoms with Crippen LogP contribution < -0.4 is 0 Å². The maximum Gasteiger partial charge on any atom is 0.304 e. The van der Waals surface area contributed by atoms with Gasteiger partial charge in [-0.3, -0.25) is 4.79 Å². The average Bonchev–Trinajstić information content (AvgIpc) is 2.89. The van der Waals surface area contributed by atoms with Crippen molar-refractivity contribution in [1.29, 1.82) is 0 Å². The van der Waals surface area contributed by atoms with Gasteiger partial charge in [0.25, 0.3) is 0 Å².